The maximum absolute atomic E-state index is 4.24. The molecule has 0 saturated carbocycles. The molecule has 1 unspecified atom stereocenters. The zero-order valence-corrected chi connectivity index (χ0v) is 14.4. The first-order chi connectivity index (χ1) is 10.2. The van der Waals surface area contributed by atoms with E-state index in [1.54, 1.807) is 0 Å². The smallest absolute Gasteiger partial charge is 0.0964 e. The summed E-state index contributed by atoms with van der Waals surface area (Å²) in [4.78, 5) is 2.56. The molecule has 6 heteroatoms. The van der Waals surface area contributed by atoms with Crippen LogP contribution in [0.15, 0.2) is 6.20 Å². The highest BCUT2D eigenvalue weighted by Crippen LogP contribution is 2.20. The molecule has 1 atom stereocenters. The van der Waals surface area contributed by atoms with Gasteiger partial charge in [-0.15, -0.1) is 5.10 Å². The minimum atomic E-state index is 0.670. The Morgan fingerprint density at radius 3 is 3.05 bits per heavy atom. The molecule has 0 radical (unpaired) electrons. The second-order valence-corrected chi connectivity index (χ2v) is 7.61. The molecular formula is C15H29N5S. The van der Waals surface area contributed by atoms with E-state index >= 15 is 0 Å². The molecule has 1 aromatic heterocycles. The first-order valence-electron chi connectivity index (χ1n) is 8.11. The van der Waals surface area contributed by atoms with E-state index in [1.807, 2.05) is 4.68 Å². The maximum atomic E-state index is 4.24. The molecular weight excluding hydrogens is 282 g/mol. The van der Waals surface area contributed by atoms with E-state index in [0.29, 0.717) is 5.92 Å². The molecule has 0 bridgehead atoms. The number of hydrogen-bond acceptors (Lipinski definition) is 5. The number of thioether (sulfide) groups is 1. The van der Waals surface area contributed by atoms with Crippen molar-refractivity contribution in [2.24, 2.45) is 5.92 Å². The molecule has 1 aliphatic heterocycles. The SMILES string of the molecule is CCC1CN(CCn2cc(CNCC(C)C)nn2)CCS1. The lowest BCUT2D eigenvalue weighted by atomic mass is 10.2. The van der Waals surface area contributed by atoms with Gasteiger partial charge in [0, 0.05) is 43.4 Å². The molecule has 1 aromatic rings. The van der Waals surface area contributed by atoms with Gasteiger partial charge in [0.25, 0.3) is 0 Å². The summed E-state index contributed by atoms with van der Waals surface area (Å²) in [6, 6.07) is 0. The van der Waals surface area contributed by atoms with Crippen LogP contribution >= 0.6 is 11.8 Å². The van der Waals surface area contributed by atoms with Crippen molar-refractivity contribution >= 4 is 11.8 Å². The average Bonchev–Trinajstić information content (AvgIpc) is 2.93. The molecule has 0 spiro atoms. The third kappa shape index (κ3) is 5.96. The highest BCUT2D eigenvalue weighted by molar-refractivity contribution is 8.00. The van der Waals surface area contributed by atoms with E-state index in [1.165, 1.54) is 25.3 Å². The second-order valence-electron chi connectivity index (χ2n) is 6.20. The number of nitrogens with one attached hydrogen (secondary N) is 1. The highest BCUT2D eigenvalue weighted by Gasteiger charge is 2.18. The lowest BCUT2D eigenvalue weighted by molar-refractivity contribution is 0.264. The first-order valence-corrected chi connectivity index (χ1v) is 9.16. The number of hydrogen-bond donors (Lipinski definition) is 1. The van der Waals surface area contributed by atoms with E-state index in [2.05, 4.69) is 59.3 Å². The molecule has 2 heterocycles. The minimum Gasteiger partial charge on any atom is -0.311 e. The Hall–Kier alpha value is -0.590. The Balaban J connectivity index is 1.70. The fourth-order valence-electron chi connectivity index (χ4n) is 2.49. The summed E-state index contributed by atoms with van der Waals surface area (Å²) in [6.07, 6.45) is 3.35. The molecule has 1 saturated heterocycles. The van der Waals surface area contributed by atoms with Crippen LogP contribution in [0, 0.1) is 5.92 Å². The molecule has 21 heavy (non-hydrogen) atoms. The minimum absolute atomic E-state index is 0.670. The van der Waals surface area contributed by atoms with Gasteiger partial charge >= 0.3 is 0 Å². The standard InChI is InChI=1S/C15H29N5S/c1-4-15-12-19(7-8-21-15)5-6-20-11-14(17-18-20)10-16-9-13(2)3/h11,13,15-16H,4-10,12H2,1-3H3. The first kappa shape index (κ1) is 16.8. The third-order valence-corrected chi connectivity index (χ3v) is 5.14. The van der Waals surface area contributed by atoms with Gasteiger partial charge in [-0.1, -0.05) is 26.0 Å². The Labute approximate surface area is 132 Å². The van der Waals surface area contributed by atoms with Crippen LogP contribution in [0.25, 0.3) is 0 Å². The van der Waals surface area contributed by atoms with Crippen molar-refractivity contribution in [3.63, 3.8) is 0 Å². The van der Waals surface area contributed by atoms with Gasteiger partial charge in [-0.2, -0.15) is 11.8 Å². The monoisotopic (exact) mass is 311 g/mol. The van der Waals surface area contributed by atoms with E-state index < -0.39 is 0 Å². The van der Waals surface area contributed by atoms with Crippen LogP contribution in [0.3, 0.4) is 0 Å². The van der Waals surface area contributed by atoms with Crippen LogP contribution in [0.1, 0.15) is 32.9 Å². The Bertz CT molecular complexity index is 407. The number of rotatable bonds is 8. The van der Waals surface area contributed by atoms with Gasteiger partial charge in [-0.3, -0.25) is 9.58 Å². The van der Waals surface area contributed by atoms with Crippen molar-refractivity contribution in [1.29, 1.82) is 0 Å². The van der Waals surface area contributed by atoms with Gasteiger partial charge in [0.1, 0.15) is 0 Å². The van der Waals surface area contributed by atoms with E-state index in [4.69, 9.17) is 0 Å². The van der Waals surface area contributed by atoms with Crippen LogP contribution in [-0.4, -0.2) is 57.1 Å². The molecule has 1 aliphatic rings. The Morgan fingerprint density at radius 2 is 2.29 bits per heavy atom. The van der Waals surface area contributed by atoms with Gasteiger partial charge in [-0.05, 0) is 18.9 Å². The molecule has 0 amide bonds. The average molecular weight is 311 g/mol. The van der Waals surface area contributed by atoms with E-state index in [-0.39, 0.29) is 0 Å². The van der Waals surface area contributed by atoms with Crippen molar-refractivity contribution in [1.82, 2.24) is 25.2 Å². The van der Waals surface area contributed by atoms with Gasteiger partial charge in [-0.25, -0.2) is 0 Å². The topological polar surface area (TPSA) is 46.0 Å². The molecule has 1 fully saturated rings. The van der Waals surface area contributed by atoms with Crippen LogP contribution in [0.5, 0.6) is 0 Å². The summed E-state index contributed by atoms with van der Waals surface area (Å²) in [5, 5.41) is 12.7. The van der Waals surface area contributed by atoms with Gasteiger partial charge in [0.2, 0.25) is 0 Å². The van der Waals surface area contributed by atoms with Crippen LogP contribution in [-0.2, 0) is 13.1 Å². The fourth-order valence-corrected chi connectivity index (χ4v) is 3.74. The predicted octanol–water partition coefficient (Wildman–Crippen LogP) is 1.85. The van der Waals surface area contributed by atoms with Crippen LogP contribution < -0.4 is 5.32 Å². The van der Waals surface area contributed by atoms with Crippen molar-refractivity contribution in [3.8, 4) is 0 Å². The normalized spacial score (nSPS) is 20.3. The van der Waals surface area contributed by atoms with Crippen molar-refractivity contribution in [2.45, 2.75) is 45.5 Å². The zero-order chi connectivity index (χ0) is 15.1. The van der Waals surface area contributed by atoms with Crippen molar-refractivity contribution in [2.75, 3.05) is 31.9 Å². The fraction of sp³-hybridized carbons (Fsp3) is 0.867. The Morgan fingerprint density at radius 1 is 1.43 bits per heavy atom. The zero-order valence-electron chi connectivity index (χ0n) is 13.6. The van der Waals surface area contributed by atoms with Gasteiger partial charge < -0.3 is 5.32 Å². The van der Waals surface area contributed by atoms with Gasteiger partial charge in [0.15, 0.2) is 0 Å². The highest BCUT2D eigenvalue weighted by atomic mass is 32.2. The molecule has 2 rings (SSSR count). The summed E-state index contributed by atoms with van der Waals surface area (Å²) >= 11 is 2.12. The molecule has 0 aliphatic carbocycles. The summed E-state index contributed by atoms with van der Waals surface area (Å²) in [5.74, 6) is 1.93. The van der Waals surface area contributed by atoms with Crippen molar-refractivity contribution < 1.29 is 0 Å². The molecule has 1 N–H and O–H groups in total. The van der Waals surface area contributed by atoms with Crippen LogP contribution in [0.2, 0.25) is 0 Å². The number of aromatic nitrogens is 3. The van der Waals surface area contributed by atoms with E-state index in [0.717, 1.165) is 37.1 Å². The lowest BCUT2D eigenvalue weighted by Crippen LogP contribution is -2.39. The predicted molar refractivity (Wildman–Crippen MR) is 89.5 cm³/mol. The molecule has 0 aromatic carbocycles. The van der Waals surface area contributed by atoms with Crippen LogP contribution in [0.4, 0.5) is 0 Å². The third-order valence-electron chi connectivity index (χ3n) is 3.77. The summed E-state index contributed by atoms with van der Waals surface area (Å²) < 4.78 is 1.98. The van der Waals surface area contributed by atoms with E-state index in [9.17, 15) is 0 Å². The number of nitrogens with zero attached hydrogens (tertiary/aromatic N) is 4. The summed E-state index contributed by atoms with van der Waals surface area (Å²) in [6.45, 7) is 13.0. The maximum Gasteiger partial charge on any atom is 0.0964 e. The quantitative estimate of drug-likeness (QED) is 0.794. The second kappa shape index (κ2) is 8.76. The van der Waals surface area contributed by atoms with Crippen molar-refractivity contribution in [3.05, 3.63) is 11.9 Å². The molecule has 5 nitrogen and oxygen atoms in total. The summed E-state index contributed by atoms with van der Waals surface area (Å²) in [7, 11) is 0. The van der Waals surface area contributed by atoms with Gasteiger partial charge in [0.05, 0.1) is 12.2 Å². The molecule has 120 valence electrons. The Kier molecular flexibility index (Phi) is 6.99. The summed E-state index contributed by atoms with van der Waals surface area (Å²) in [5.41, 5.74) is 1.04. The largest absolute Gasteiger partial charge is 0.311 e. The lowest BCUT2D eigenvalue weighted by Gasteiger charge is -2.31.